The summed E-state index contributed by atoms with van der Waals surface area (Å²) in [6, 6.07) is 10.7. The number of rotatable bonds is 6. The summed E-state index contributed by atoms with van der Waals surface area (Å²) in [7, 11) is 0. The average Bonchev–Trinajstić information content (AvgIpc) is 2.48. The van der Waals surface area contributed by atoms with E-state index in [2.05, 4.69) is 54.1 Å². The summed E-state index contributed by atoms with van der Waals surface area (Å²) in [5, 5.41) is 3.62. The fourth-order valence-corrected chi connectivity index (χ4v) is 2.77. The van der Waals surface area contributed by atoms with E-state index in [0.717, 1.165) is 39.0 Å². The van der Waals surface area contributed by atoms with E-state index >= 15 is 0 Å². The molecule has 0 spiro atoms. The van der Waals surface area contributed by atoms with Crippen LogP contribution in [0.4, 0.5) is 0 Å². The molecular formula is C17H27N3. The molecule has 0 aliphatic carbocycles. The van der Waals surface area contributed by atoms with Gasteiger partial charge in [-0.05, 0) is 25.3 Å². The van der Waals surface area contributed by atoms with Gasteiger partial charge >= 0.3 is 0 Å². The van der Waals surface area contributed by atoms with E-state index in [1.165, 1.54) is 11.1 Å². The van der Waals surface area contributed by atoms with Crippen LogP contribution in [0, 0.1) is 0 Å². The van der Waals surface area contributed by atoms with E-state index in [-0.39, 0.29) is 5.54 Å². The number of nitrogens with one attached hydrogen (secondary N) is 1. The molecule has 20 heavy (non-hydrogen) atoms. The van der Waals surface area contributed by atoms with Gasteiger partial charge in [-0.2, -0.15) is 0 Å². The van der Waals surface area contributed by atoms with Crippen LogP contribution in [0.15, 0.2) is 42.5 Å². The molecule has 1 aromatic rings. The van der Waals surface area contributed by atoms with Gasteiger partial charge in [0.05, 0.1) is 0 Å². The minimum atomic E-state index is 0.103. The molecule has 0 radical (unpaired) electrons. The fourth-order valence-electron chi connectivity index (χ4n) is 2.77. The number of piperidine rings is 1. The van der Waals surface area contributed by atoms with E-state index in [1.54, 1.807) is 0 Å². The van der Waals surface area contributed by atoms with Crippen LogP contribution in [0.5, 0.6) is 0 Å². The fraction of sp³-hybridized carbons (Fsp3) is 0.529. The van der Waals surface area contributed by atoms with Crippen LogP contribution in [-0.4, -0.2) is 36.6 Å². The average molecular weight is 273 g/mol. The highest BCUT2D eigenvalue weighted by atomic mass is 15.2. The van der Waals surface area contributed by atoms with Crippen molar-refractivity contribution < 1.29 is 0 Å². The molecule has 110 valence electrons. The Kier molecular flexibility index (Phi) is 5.35. The van der Waals surface area contributed by atoms with Crippen molar-refractivity contribution in [2.45, 2.75) is 31.8 Å². The Morgan fingerprint density at radius 3 is 2.50 bits per heavy atom. The molecule has 1 saturated heterocycles. The van der Waals surface area contributed by atoms with Crippen LogP contribution >= 0.6 is 0 Å². The molecule has 1 aromatic carbocycles. The Labute approximate surface area is 122 Å². The lowest BCUT2D eigenvalue weighted by Crippen LogP contribution is -2.57. The zero-order valence-electron chi connectivity index (χ0n) is 12.6. The standard InChI is InChI=1S/C17H27N3/c1-15(2)12-19-17(14-18)8-10-20(11-9-17)13-16-6-4-3-5-7-16/h3-7,19H,1,8-14,18H2,2H3. The molecule has 0 saturated carbocycles. The SMILES string of the molecule is C=C(C)CNC1(CN)CCN(Cc2ccccc2)CC1. The predicted octanol–water partition coefficient (Wildman–Crippen LogP) is 2.15. The first-order chi connectivity index (χ1) is 9.63. The van der Waals surface area contributed by atoms with Crippen molar-refractivity contribution in [3.63, 3.8) is 0 Å². The van der Waals surface area contributed by atoms with Crippen LogP contribution in [0.3, 0.4) is 0 Å². The first-order valence-corrected chi connectivity index (χ1v) is 7.49. The monoisotopic (exact) mass is 273 g/mol. The molecule has 0 unspecified atom stereocenters. The number of nitrogens with two attached hydrogens (primary N) is 1. The molecule has 0 atom stereocenters. The second-order valence-electron chi connectivity index (χ2n) is 6.06. The second kappa shape index (κ2) is 7.02. The maximum absolute atomic E-state index is 6.01. The van der Waals surface area contributed by atoms with Gasteiger partial charge in [-0.25, -0.2) is 0 Å². The number of likely N-dealkylation sites (tertiary alicyclic amines) is 1. The normalized spacial score (nSPS) is 18.9. The van der Waals surface area contributed by atoms with Crippen molar-refractivity contribution in [1.82, 2.24) is 10.2 Å². The van der Waals surface area contributed by atoms with Crippen molar-refractivity contribution >= 4 is 0 Å². The van der Waals surface area contributed by atoms with Crippen LogP contribution in [0.1, 0.15) is 25.3 Å². The Morgan fingerprint density at radius 2 is 1.95 bits per heavy atom. The third-order valence-corrected chi connectivity index (χ3v) is 4.22. The minimum absolute atomic E-state index is 0.103. The third kappa shape index (κ3) is 4.17. The van der Waals surface area contributed by atoms with Crippen molar-refractivity contribution in [3.8, 4) is 0 Å². The van der Waals surface area contributed by atoms with Gasteiger partial charge in [-0.15, -0.1) is 0 Å². The second-order valence-corrected chi connectivity index (χ2v) is 6.06. The number of hydrogen-bond acceptors (Lipinski definition) is 3. The summed E-state index contributed by atoms with van der Waals surface area (Å²) in [6.07, 6.45) is 2.23. The van der Waals surface area contributed by atoms with Crippen LogP contribution in [-0.2, 0) is 6.54 Å². The Bertz CT molecular complexity index is 419. The molecule has 1 heterocycles. The summed E-state index contributed by atoms with van der Waals surface area (Å²) in [5.41, 5.74) is 8.68. The number of hydrogen-bond donors (Lipinski definition) is 2. The molecule has 0 bridgehead atoms. The van der Waals surface area contributed by atoms with Crippen LogP contribution in [0.25, 0.3) is 0 Å². The molecular weight excluding hydrogens is 246 g/mol. The first-order valence-electron chi connectivity index (χ1n) is 7.49. The predicted molar refractivity (Wildman–Crippen MR) is 85.6 cm³/mol. The van der Waals surface area contributed by atoms with Crippen molar-refractivity contribution in [2.24, 2.45) is 5.73 Å². The maximum atomic E-state index is 6.01. The van der Waals surface area contributed by atoms with Gasteiger partial charge < -0.3 is 11.1 Å². The zero-order valence-corrected chi connectivity index (χ0v) is 12.6. The Balaban J connectivity index is 1.85. The molecule has 0 aromatic heterocycles. The molecule has 0 amide bonds. The van der Waals surface area contributed by atoms with E-state index < -0.39 is 0 Å². The highest BCUT2D eigenvalue weighted by Gasteiger charge is 2.32. The van der Waals surface area contributed by atoms with Crippen molar-refractivity contribution in [2.75, 3.05) is 26.2 Å². The summed E-state index contributed by atoms with van der Waals surface area (Å²) in [5.74, 6) is 0. The largest absolute Gasteiger partial charge is 0.329 e. The molecule has 2 rings (SSSR count). The van der Waals surface area contributed by atoms with Crippen LogP contribution in [0.2, 0.25) is 0 Å². The Hall–Kier alpha value is -1.16. The summed E-state index contributed by atoms with van der Waals surface area (Å²) in [4.78, 5) is 2.52. The summed E-state index contributed by atoms with van der Waals surface area (Å²) < 4.78 is 0. The highest BCUT2D eigenvalue weighted by Crippen LogP contribution is 2.22. The lowest BCUT2D eigenvalue weighted by Gasteiger charge is -2.42. The molecule has 3 nitrogen and oxygen atoms in total. The molecule has 1 fully saturated rings. The molecule has 3 heteroatoms. The summed E-state index contributed by atoms with van der Waals surface area (Å²) >= 11 is 0. The number of nitrogens with zero attached hydrogens (tertiary/aromatic N) is 1. The van der Waals surface area contributed by atoms with Crippen molar-refractivity contribution in [3.05, 3.63) is 48.0 Å². The van der Waals surface area contributed by atoms with E-state index in [9.17, 15) is 0 Å². The van der Waals surface area contributed by atoms with Gasteiger partial charge in [0, 0.05) is 38.3 Å². The van der Waals surface area contributed by atoms with Gasteiger partial charge in [0.2, 0.25) is 0 Å². The van der Waals surface area contributed by atoms with E-state index in [0.29, 0.717) is 6.54 Å². The molecule has 3 N–H and O–H groups in total. The van der Waals surface area contributed by atoms with Gasteiger partial charge in [0.25, 0.3) is 0 Å². The number of benzene rings is 1. The quantitative estimate of drug-likeness (QED) is 0.780. The topological polar surface area (TPSA) is 41.3 Å². The molecule has 1 aliphatic heterocycles. The first kappa shape index (κ1) is 15.2. The van der Waals surface area contributed by atoms with Crippen LogP contribution < -0.4 is 11.1 Å². The molecule has 1 aliphatic rings. The van der Waals surface area contributed by atoms with Gasteiger partial charge in [0.1, 0.15) is 0 Å². The smallest absolute Gasteiger partial charge is 0.0331 e. The van der Waals surface area contributed by atoms with E-state index in [4.69, 9.17) is 5.73 Å². The van der Waals surface area contributed by atoms with E-state index in [1.807, 2.05) is 0 Å². The lowest BCUT2D eigenvalue weighted by molar-refractivity contribution is 0.136. The van der Waals surface area contributed by atoms with Gasteiger partial charge in [-0.3, -0.25) is 4.90 Å². The third-order valence-electron chi connectivity index (χ3n) is 4.22. The van der Waals surface area contributed by atoms with Gasteiger partial charge in [0.15, 0.2) is 0 Å². The zero-order chi connectivity index (χ0) is 14.4. The lowest BCUT2D eigenvalue weighted by atomic mass is 9.87. The summed E-state index contributed by atoms with van der Waals surface area (Å²) in [6.45, 7) is 10.9. The van der Waals surface area contributed by atoms with Crippen molar-refractivity contribution in [1.29, 1.82) is 0 Å². The highest BCUT2D eigenvalue weighted by molar-refractivity contribution is 5.14. The van der Waals surface area contributed by atoms with Gasteiger partial charge in [-0.1, -0.05) is 42.5 Å². The Morgan fingerprint density at radius 1 is 1.30 bits per heavy atom. The maximum Gasteiger partial charge on any atom is 0.0331 e. The minimum Gasteiger partial charge on any atom is -0.329 e.